The second-order valence-electron chi connectivity index (χ2n) is 6.41. The molecule has 1 aromatic carbocycles. The fourth-order valence-corrected chi connectivity index (χ4v) is 4.43. The molecule has 0 bridgehead atoms. The summed E-state index contributed by atoms with van der Waals surface area (Å²) in [5.74, 6) is 0.192. The number of hydrogen-bond acceptors (Lipinski definition) is 5. The number of aliphatic hydroxyl groups excluding tert-OH is 1. The zero-order valence-electron chi connectivity index (χ0n) is 14.5. The zero-order valence-corrected chi connectivity index (χ0v) is 15.4. The number of anilines is 1. The van der Waals surface area contributed by atoms with Crippen molar-refractivity contribution in [3.63, 3.8) is 0 Å². The molecule has 1 atom stereocenters. The largest absolute Gasteiger partial charge is 0.387 e. The maximum absolute atomic E-state index is 13.0. The Bertz CT molecular complexity index is 835. The number of aliphatic hydroxyl groups is 1. The van der Waals surface area contributed by atoms with Crippen molar-refractivity contribution in [2.75, 3.05) is 31.6 Å². The van der Waals surface area contributed by atoms with Crippen LogP contribution in [0.3, 0.4) is 0 Å². The predicted octanol–water partition coefficient (Wildman–Crippen LogP) is 2.17. The van der Waals surface area contributed by atoms with Gasteiger partial charge in [0, 0.05) is 32.9 Å². The van der Waals surface area contributed by atoms with Crippen molar-refractivity contribution in [3.8, 4) is 0 Å². The molecule has 26 heavy (non-hydrogen) atoms. The van der Waals surface area contributed by atoms with E-state index >= 15 is 0 Å². The molecule has 0 radical (unpaired) electrons. The minimum absolute atomic E-state index is 0.177. The molecule has 0 spiro atoms. The number of pyridine rings is 1. The average molecular weight is 379 g/mol. The Morgan fingerprint density at radius 3 is 2.42 bits per heavy atom. The number of nitrogens with zero attached hydrogens (tertiary/aromatic N) is 3. The Labute approximate surface area is 152 Å². The Morgan fingerprint density at radius 2 is 1.85 bits per heavy atom. The van der Waals surface area contributed by atoms with Crippen molar-refractivity contribution < 1.29 is 17.9 Å². The quantitative estimate of drug-likeness (QED) is 0.833. The highest BCUT2D eigenvalue weighted by Crippen LogP contribution is 2.22. The molecule has 1 saturated heterocycles. The average Bonchev–Trinajstić information content (AvgIpc) is 3.18. The summed E-state index contributed by atoms with van der Waals surface area (Å²) < 4.78 is 39.5. The maximum atomic E-state index is 13.0. The molecule has 1 aliphatic rings. The van der Waals surface area contributed by atoms with Gasteiger partial charge in [-0.15, -0.1) is 0 Å². The standard InChI is InChI=1S/C18H22FN3O3S/c1-21(13-17(23)14-4-6-15(19)7-5-14)18-9-8-16(12-20-18)26(24,25)22-10-2-3-11-22/h4-9,12,17,23H,2-3,10-11,13H2,1H3/t17-/m0/s1. The fourth-order valence-electron chi connectivity index (χ4n) is 2.97. The first-order valence-corrected chi connectivity index (χ1v) is 9.93. The van der Waals surface area contributed by atoms with Crippen LogP contribution in [-0.4, -0.2) is 49.5 Å². The van der Waals surface area contributed by atoms with E-state index in [9.17, 15) is 17.9 Å². The number of benzene rings is 1. The molecular weight excluding hydrogens is 357 g/mol. The van der Waals surface area contributed by atoms with Crippen molar-refractivity contribution in [1.29, 1.82) is 0 Å². The molecule has 2 heterocycles. The van der Waals surface area contributed by atoms with Crippen molar-refractivity contribution in [2.45, 2.75) is 23.8 Å². The summed E-state index contributed by atoms with van der Waals surface area (Å²) in [5.41, 5.74) is 0.603. The lowest BCUT2D eigenvalue weighted by Gasteiger charge is -2.22. The highest BCUT2D eigenvalue weighted by atomic mass is 32.2. The van der Waals surface area contributed by atoms with Crippen LogP contribution in [0.25, 0.3) is 0 Å². The first-order chi connectivity index (χ1) is 12.4. The van der Waals surface area contributed by atoms with Gasteiger partial charge in [-0.2, -0.15) is 4.31 Å². The topological polar surface area (TPSA) is 73.7 Å². The molecule has 0 amide bonds. The van der Waals surface area contributed by atoms with Gasteiger partial charge in [-0.05, 0) is 42.7 Å². The van der Waals surface area contributed by atoms with E-state index in [4.69, 9.17) is 0 Å². The maximum Gasteiger partial charge on any atom is 0.244 e. The number of hydrogen-bond donors (Lipinski definition) is 1. The molecule has 8 heteroatoms. The summed E-state index contributed by atoms with van der Waals surface area (Å²) in [4.78, 5) is 6.13. The van der Waals surface area contributed by atoms with Crippen LogP contribution in [0.1, 0.15) is 24.5 Å². The van der Waals surface area contributed by atoms with Crippen LogP contribution in [0.15, 0.2) is 47.5 Å². The van der Waals surface area contributed by atoms with Gasteiger partial charge in [0.15, 0.2) is 0 Å². The second kappa shape index (κ2) is 7.69. The number of rotatable bonds is 6. The van der Waals surface area contributed by atoms with Crippen molar-refractivity contribution in [1.82, 2.24) is 9.29 Å². The van der Waals surface area contributed by atoms with Crippen LogP contribution in [0, 0.1) is 5.82 Å². The summed E-state index contributed by atoms with van der Waals surface area (Å²) in [6, 6.07) is 8.83. The monoisotopic (exact) mass is 379 g/mol. The Balaban J connectivity index is 1.68. The molecule has 0 aliphatic carbocycles. The van der Waals surface area contributed by atoms with Crippen molar-refractivity contribution >= 4 is 15.8 Å². The van der Waals surface area contributed by atoms with E-state index in [2.05, 4.69) is 4.98 Å². The van der Waals surface area contributed by atoms with E-state index in [-0.39, 0.29) is 17.3 Å². The van der Waals surface area contributed by atoms with Crippen molar-refractivity contribution in [2.24, 2.45) is 0 Å². The van der Waals surface area contributed by atoms with Crippen LogP contribution in [0.5, 0.6) is 0 Å². The normalized spacial score (nSPS) is 16.6. The van der Waals surface area contributed by atoms with E-state index in [1.165, 1.54) is 40.8 Å². The minimum Gasteiger partial charge on any atom is -0.387 e. The van der Waals surface area contributed by atoms with Crippen LogP contribution in [0.2, 0.25) is 0 Å². The van der Waals surface area contributed by atoms with Gasteiger partial charge >= 0.3 is 0 Å². The molecule has 140 valence electrons. The number of aromatic nitrogens is 1. The lowest BCUT2D eigenvalue weighted by molar-refractivity contribution is 0.184. The summed E-state index contributed by atoms with van der Waals surface area (Å²) in [5, 5.41) is 10.3. The fraction of sp³-hybridized carbons (Fsp3) is 0.389. The molecule has 0 unspecified atom stereocenters. The second-order valence-corrected chi connectivity index (χ2v) is 8.35. The van der Waals surface area contributed by atoms with Crippen LogP contribution in [-0.2, 0) is 10.0 Å². The van der Waals surface area contributed by atoms with Crippen molar-refractivity contribution in [3.05, 3.63) is 54.0 Å². The summed E-state index contributed by atoms with van der Waals surface area (Å²) in [7, 11) is -1.73. The van der Waals surface area contributed by atoms with E-state index in [1.54, 1.807) is 18.0 Å². The lowest BCUT2D eigenvalue weighted by Crippen LogP contribution is -2.28. The van der Waals surface area contributed by atoms with Gasteiger partial charge in [0.05, 0.1) is 6.10 Å². The third kappa shape index (κ3) is 4.03. The molecule has 0 saturated carbocycles. The van der Waals surface area contributed by atoms with Gasteiger partial charge in [0.25, 0.3) is 0 Å². The van der Waals surface area contributed by atoms with E-state index < -0.39 is 16.1 Å². The highest BCUT2D eigenvalue weighted by Gasteiger charge is 2.27. The Hall–Kier alpha value is -2.03. The van der Waals surface area contributed by atoms with Gasteiger partial charge < -0.3 is 10.0 Å². The smallest absolute Gasteiger partial charge is 0.244 e. The summed E-state index contributed by atoms with van der Waals surface area (Å²) in [6.45, 7) is 1.35. The SMILES string of the molecule is CN(C[C@H](O)c1ccc(F)cc1)c1ccc(S(=O)(=O)N2CCCC2)cn1. The number of sulfonamides is 1. The minimum atomic E-state index is -3.48. The van der Waals surface area contributed by atoms with Gasteiger partial charge in [-0.25, -0.2) is 17.8 Å². The first kappa shape index (κ1) is 18.8. The van der Waals surface area contributed by atoms with Gasteiger partial charge in [-0.3, -0.25) is 0 Å². The third-order valence-electron chi connectivity index (χ3n) is 4.52. The van der Waals surface area contributed by atoms with E-state index in [1.807, 2.05) is 0 Å². The summed E-state index contributed by atoms with van der Waals surface area (Å²) >= 11 is 0. The van der Waals surface area contributed by atoms with E-state index in [0.29, 0.717) is 24.5 Å². The molecule has 1 aromatic heterocycles. The molecule has 1 N–H and O–H groups in total. The third-order valence-corrected chi connectivity index (χ3v) is 6.40. The molecule has 1 aliphatic heterocycles. The molecule has 6 nitrogen and oxygen atoms in total. The Kier molecular flexibility index (Phi) is 5.55. The molecule has 2 aromatic rings. The van der Waals surface area contributed by atoms with E-state index in [0.717, 1.165) is 12.8 Å². The van der Waals surface area contributed by atoms with Gasteiger partial charge in [0.1, 0.15) is 16.5 Å². The highest BCUT2D eigenvalue weighted by molar-refractivity contribution is 7.89. The predicted molar refractivity (Wildman–Crippen MR) is 96.9 cm³/mol. The molecule has 3 rings (SSSR count). The van der Waals surface area contributed by atoms with Crippen LogP contribution in [0.4, 0.5) is 10.2 Å². The number of likely N-dealkylation sites (N-methyl/N-ethyl adjacent to an activating group) is 1. The van der Waals surface area contributed by atoms with Crippen LogP contribution < -0.4 is 4.90 Å². The lowest BCUT2D eigenvalue weighted by atomic mass is 10.1. The number of halogens is 1. The van der Waals surface area contributed by atoms with Gasteiger partial charge in [-0.1, -0.05) is 12.1 Å². The first-order valence-electron chi connectivity index (χ1n) is 8.49. The Morgan fingerprint density at radius 1 is 1.19 bits per heavy atom. The van der Waals surface area contributed by atoms with Crippen LogP contribution >= 0.6 is 0 Å². The van der Waals surface area contributed by atoms with Gasteiger partial charge in [0.2, 0.25) is 10.0 Å². The summed E-state index contributed by atoms with van der Waals surface area (Å²) in [6.07, 6.45) is 2.31. The zero-order chi connectivity index (χ0) is 18.7. The molecule has 1 fully saturated rings. The molecular formula is C18H22FN3O3S.